The van der Waals surface area contributed by atoms with Crippen molar-refractivity contribution in [3.05, 3.63) is 29.3 Å². The molecule has 2 aliphatic rings. The quantitative estimate of drug-likeness (QED) is 0.755. The van der Waals surface area contributed by atoms with Crippen molar-refractivity contribution < 1.29 is 14.6 Å². The van der Waals surface area contributed by atoms with Crippen LogP contribution in [-0.4, -0.2) is 18.2 Å². The van der Waals surface area contributed by atoms with E-state index in [9.17, 15) is 9.90 Å². The van der Waals surface area contributed by atoms with Crippen molar-refractivity contribution in [1.82, 2.24) is 0 Å². The number of esters is 1. The van der Waals surface area contributed by atoms with E-state index in [2.05, 4.69) is 0 Å². The van der Waals surface area contributed by atoms with Crippen LogP contribution in [0.3, 0.4) is 0 Å². The molecule has 0 aliphatic heterocycles. The van der Waals surface area contributed by atoms with Gasteiger partial charge in [-0.1, -0.05) is 6.07 Å². The summed E-state index contributed by atoms with van der Waals surface area (Å²) in [4.78, 5) is 11.7. The van der Waals surface area contributed by atoms with Gasteiger partial charge in [-0.05, 0) is 48.9 Å². The minimum Gasteiger partial charge on any atom is -0.508 e. The number of aryl methyl sites for hydroxylation is 1. The maximum absolute atomic E-state index is 11.7. The molecule has 2 atom stereocenters. The Labute approximate surface area is 100 Å². The molecule has 1 aromatic carbocycles. The molecule has 3 heteroatoms. The molecule has 3 rings (SSSR count). The lowest BCUT2D eigenvalue weighted by Gasteiger charge is -2.26. The van der Waals surface area contributed by atoms with Crippen LogP contribution in [0.25, 0.3) is 0 Å². The molecule has 1 fully saturated rings. The minimum atomic E-state index is -0.110. The Bertz CT molecular complexity index is 480. The van der Waals surface area contributed by atoms with E-state index in [1.165, 1.54) is 18.2 Å². The minimum absolute atomic E-state index is 0.00616. The first-order valence-corrected chi connectivity index (χ1v) is 6.07. The number of hydrogen-bond acceptors (Lipinski definition) is 3. The molecule has 2 aliphatic carbocycles. The van der Waals surface area contributed by atoms with Crippen molar-refractivity contribution in [2.24, 2.45) is 5.92 Å². The Morgan fingerprint density at radius 1 is 1.53 bits per heavy atom. The number of phenols is 1. The smallest absolute Gasteiger partial charge is 0.309 e. The fraction of sp³-hybridized carbons (Fsp3) is 0.500. The van der Waals surface area contributed by atoms with Crippen LogP contribution in [0.15, 0.2) is 18.2 Å². The average molecular weight is 232 g/mol. The summed E-state index contributed by atoms with van der Waals surface area (Å²) >= 11 is 0. The van der Waals surface area contributed by atoms with E-state index in [1.807, 2.05) is 12.1 Å². The molecule has 3 nitrogen and oxygen atoms in total. The predicted molar refractivity (Wildman–Crippen MR) is 62.8 cm³/mol. The van der Waals surface area contributed by atoms with Gasteiger partial charge in [0.05, 0.1) is 13.0 Å². The Kier molecular flexibility index (Phi) is 2.18. The zero-order valence-electron chi connectivity index (χ0n) is 9.90. The van der Waals surface area contributed by atoms with Gasteiger partial charge in [-0.25, -0.2) is 0 Å². The number of methoxy groups -OCH3 is 1. The zero-order chi connectivity index (χ0) is 12.0. The highest BCUT2D eigenvalue weighted by atomic mass is 16.5. The summed E-state index contributed by atoms with van der Waals surface area (Å²) in [7, 11) is 1.44. The molecule has 0 bridgehead atoms. The first-order chi connectivity index (χ1) is 8.17. The third kappa shape index (κ3) is 1.45. The first kappa shape index (κ1) is 10.6. The lowest BCUT2D eigenvalue weighted by atomic mass is 9.78. The van der Waals surface area contributed by atoms with Crippen LogP contribution in [0.2, 0.25) is 0 Å². The van der Waals surface area contributed by atoms with Gasteiger partial charge in [0.2, 0.25) is 0 Å². The number of rotatable bonds is 1. The highest BCUT2D eigenvalue weighted by Gasteiger charge is 2.60. The zero-order valence-corrected chi connectivity index (χ0v) is 9.90. The molecule has 0 heterocycles. The summed E-state index contributed by atoms with van der Waals surface area (Å²) in [6, 6.07) is 5.54. The van der Waals surface area contributed by atoms with Crippen molar-refractivity contribution >= 4 is 5.97 Å². The molecular weight excluding hydrogens is 216 g/mol. The van der Waals surface area contributed by atoms with E-state index >= 15 is 0 Å². The molecule has 0 radical (unpaired) electrons. The maximum Gasteiger partial charge on any atom is 0.309 e. The van der Waals surface area contributed by atoms with Gasteiger partial charge in [-0.15, -0.1) is 0 Å². The topological polar surface area (TPSA) is 46.5 Å². The molecule has 1 N–H and O–H groups in total. The Morgan fingerprint density at radius 3 is 3.12 bits per heavy atom. The first-order valence-electron chi connectivity index (χ1n) is 6.07. The molecule has 1 aromatic rings. The van der Waals surface area contributed by atoms with E-state index in [4.69, 9.17) is 4.74 Å². The monoisotopic (exact) mass is 232 g/mol. The van der Waals surface area contributed by atoms with E-state index < -0.39 is 0 Å². The molecule has 90 valence electrons. The molecule has 0 aromatic heterocycles. The third-order valence-electron chi connectivity index (χ3n) is 4.26. The van der Waals surface area contributed by atoms with E-state index in [0.717, 1.165) is 25.7 Å². The maximum atomic E-state index is 11.7. The lowest BCUT2D eigenvalue weighted by Crippen LogP contribution is -2.21. The van der Waals surface area contributed by atoms with Gasteiger partial charge in [0, 0.05) is 5.41 Å². The fourth-order valence-electron chi connectivity index (χ4n) is 3.31. The normalized spacial score (nSPS) is 29.8. The van der Waals surface area contributed by atoms with Crippen LogP contribution in [0.5, 0.6) is 5.75 Å². The van der Waals surface area contributed by atoms with Gasteiger partial charge >= 0.3 is 5.97 Å². The van der Waals surface area contributed by atoms with Crippen LogP contribution in [-0.2, 0) is 21.4 Å². The second-order valence-electron chi connectivity index (χ2n) is 5.13. The Morgan fingerprint density at radius 2 is 2.35 bits per heavy atom. The molecular formula is C14H16O3. The van der Waals surface area contributed by atoms with Crippen LogP contribution in [0.1, 0.15) is 30.4 Å². The van der Waals surface area contributed by atoms with Crippen molar-refractivity contribution in [1.29, 1.82) is 0 Å². The summed E-state index contributed by atoms with van der Waals surface area (Å²) in [5, 5.41) is 9.61. The molecule has 0 amide bonds. The van der Waals surface area contributed by atoms with Crippen molar-refractivity contribution in [3.63, 3.8) is 0 Å². The van der Waals surface area contributed by atoms with Crippen molar-refractivity contribution in [2.45, 2.75) is 31.1 Å². The number of phenolic OH excluding ortho intramolecular Hbond substituents is 1. The van der Waals surface area contributed by atoms with Gasteiger partial charge in [0.25, 0.3) is 0 Å². The number of ether oxygens (including phenoxy) is 1. The lowest BCUT2D eigenvalue weighted by molar-refractivity contribution is -0.142. The number of carbonyl (C=O) groups excluding carboxylic acids is 1. The van der Waals surface area contributed by atoms with Crippen molar-refractivity contribution in [3.8, 4) is 5.75 Å². The summed E-state index contributed by atoms with van der Waals surface area (Å²) in [5.74, 6) is 0.176. The SMILES string of the molecule is COC(=O)[C@@H]1C[C@]12CCCc1ccc(O)cc12. The number of aromatic hydroxyl groups is 1. The van der Waals surface area contributed by atoms with E-state index in [1.54, 1.807) is 6.07 Å². The number of benzene rings is 1. The fourth-order valence-corrected chi connectivity index (χ4v) is 3.31. The predicted octanol–water partition coefficient (Wildman–Crippen LogP) is 2.16. The number of fused-ring (bicyclic) bond motifs is 2. The molecule has 0 unspecified atom stereocenters. The summed E-state index contributed by atoms with van der Waals surface area (Å²) in [6.45, 7) is 0. The van der Waals surface area contributed by atoms with Crippen LogP contribution in [0.4, 0.5) is 0 Å². The van der Waals surface area contributed by atoms with Crippen LogP contribution in [0, 0.1) is 5.92 Å². The van der Waals surface area contributed by atoms with Crippen LogP contribution >= 0.6 is 0 Å². The van der Waals surface area contributed by atoms with Crippen LogP contribution < -0.4 is 0 Å². The molecule has 17 heavy (non-hydrogen) atoms. The van der Waals surface area contributed by atoms with Gasteiger partial charge in [0.1, 0.15) is 5.75 Å². The van der Waals surface area contributed by atoms with Crippen molar-refractivity contribution in [2.75, 3.05) is 7.11 Å². The largest absolute Gasteiger partial charge is 0.508 e. The van der Waals surface area contributed by atoms with E-state index in [0.29, 0.717) is 5.75 Å². The highest BCUT2D eigenvalue weighted by Crippen LogP contribution is 2.61. The Balaban J connectivity index is 2.01. The number of carbonyl (C=O) groups is 1. The second kappa shape index (κ2) is 3.49. The number of hydrogen-bond donors (Lipinski definition) is 1. The summed E-state index contributed by atoms with van der Waals surface area (Å²) in [6.07, 6.45) is 4.07. The average Bonchev–Trinajstić information content (AvgIpc) is 3.05. The van der Waals surface area contributed by atoms with Gasteiger partial charge in [-0.3, -0.25) is 4.79 Å². The Hall–Kier alpha value is -1.51. The van der Waals surface area contributed by atoms with Gasteiger partial charge in [0.15, 0.2) is 0 Å². The molecule has 1 saturated carbocycles. The van der Waals surface area contributed by atoms with E-state index in [-0.39, 0.29) is 17.3 Å². The molecule has 1 spiro atoms. The molecule has 0 saturated heterocycles. The standard InChI is InChI=1S/C14H16O3/c1-17-13(16)12-8-14(12)6-2-3-9-4-5-10(15)7-11(9)14/h4-5,7,12,15H,2-3,6,8H2,1H3/t12-,14-/m0/s1. The van der Waals surface area contributed by atoms with Gasteiger partial charge in [-0.2, -0.15) is 0 Å². The highest BCUT2D eigenvalue weighted by molar-refractivity contribution is 5.79. The van der Waals surface area contributed by atoms with Gasteiger partial charge < -0.3 is 9.84 Å². The second-order valence-corrected chi connectivity index (χ2v) is 5.13. The summed E-state index contributed by atoms with van der Waals surface area (Å²) in [5.41, 5.74) is 2.40. The summed E-state index contributed by atoms with van der Waals surface area (Å²) < 4.78 is 4.85. The third-order valence-corrected chi connectivity index (χ3v) is 4.26.